The van der Waals surface area contributed by atoms with Crippen LogP contribution in [-0.4, -0.2) is 39.6 Å². The van der Waals surface area contributed by atoms with E-state index >= 15 is 0 Å². The van der Waals surface area contributed by atoms with Crippen molar-refractivity contribution in [3.63, 3.8) is 0 Å². The molecule has 9 heteroatoms. The van der Waals surface area contributed by atoms with E-state index in [4.69, 9.17) is 11.6 Å². The van der Waals surface area contributed by atoms with Crippen LogP contribution in [0.1, 0.15) is 0 Å². The first-order valence-corrected chi connectivity index (χ1v) is 7.76. The van der Waals surface area contributed by atoms with Crippen molar-refractivity contribution in [3.8, 4) is 5.69 Å². The Labute approximate surface area is 119 Å². The minimum Gasteiger partial charge on any atom is -0.224 e. The number of benzene rings is 1. The lowest BCUT2D eigenvalue weighted by atomic mass is 10.3. The molecule has 0 atom stereocenters. The zero-order chi connectivity index (χ0) is 14.3. The number of halogens is 1. The van der Waals surface area contributed by atoms with E-state index in [1.807, 2.05) is 0 Å². The van der Waals surface area contributed by atoms with Gasteiger partial charge in [-0.25, -0.2) is 18.4 Å². The summed E-state index contributed by atoms with van der Waals surface area (Å²) >= 11 is 5.90. The van der Waals surface area contributed by atoms with Gasteiger partial charge in [0.2, 0.25) is 0 Å². The van der Waals surface area contributed by atoms with Gasteiger partial charge < -0.3 is 0 Å². The van der Waals surface area contributed by atoms with Gasteiger partial charge in [-0.3, -0.25) is 0 Å². The average Bonchev–Trinajstić information content (AvgIpc) is 2.83. The van der Waals surface area contributed by atoms with Crippen molar-refractivity contribution in [2.75, 3.05) is 6.26 Å². The minimum atomic E-state index is -3.23. The van der Waals surface area contributed by atoms with Gasteiger partial charge in [-0.2, -0.15) is 4.68 Å². The highest BCUT2D eigenvalue weighted by atomic mass is 35.5. The average molecular weight is 310 g/mol. The number of hydrogen-bond donors (Lipinski definition) is 0. The largest absolute Gasteiger partial charge is 0.224 e. The van der Waals surface area contributed by atoms with Crippen LogP contribution in [0, 0.1) is 0 Å². The molecule has 0 aliphatic heterocycles. The topological polar surface area (TPSA) is 90.6 Å². The van der Waals surface area contributed by atoms with Gasteiger partial charge in [0.1, 0.15) is 6.33 Å². The molecule has 0 N–H and O–H groups in total. The second kappa shape index (κ2) is 4.50. The van der Waals surface area contributed by atoms with Gasteiger partial charge in [-0.15, -0.1) is 5.10 Å². The van der Waals surface area contributed by atoms with Crippen LogP contribution >= 0.6 is 11.6 Å². The summed E-state index contributed by atoms with van der Waals surface area (Å²) in [6.45, 7) is 0. The maximum Gasteiger partial charge on any atom is 0.188 e. The molecule has 20 heavy (non-hydrogen) atoms. The van der Waals surface area contributed by atoms with Gasteiger partial charge in [0.15, 0.2) is 26.2 Å². The number of rotatable bonds is 2. The maximum absolute atomic E-state index is 11.4. The Morgan fingerprint density at radius 2 is 1.85 bits per heavy atom. The van der Waals surface area contributed by atoms with Crippen LogP contribution in [0.25, 0.3) is 16.9 Å². The zero-order valence-electron chi connectivity index (χ0n) is 10.2. The smallest absolute Gasteiger partial charge is 0.188 e. The quantitative estimate of drug-likeness (QED) is 0.662. The van der Waals surface area contributed by atoms with Gasteiger partial charge in [-0.1, -0.05) is 16.8 Å². The Morgan fingerprint density at radius 1 is 1.15 bits per heavy atom. The van der Waals surface area contributed by atoms with Crippen LogP contribution in [0.4, 0.5) is 0 Å². The summed E-state index contributed by atoms with van der Waals surface area (Å²) < 4.78 is 24.3. The van der Waals surface area contributed by atoms with Crippen LogP contribution in [0.5, 0.6) is 0 Å². The van der Waals surface area contributed by atoms with E-state index in [2.05, 4.69) is 20.3 Å². The fraction of sp³-hybridized carbons (Fsp3) is 0.0909. The molecule has 0 aliphatic rings. The molecule has 0 amide bonds. The summed E-state index contributed by atoms with van der Waals surface area (Å²) in [5.74, 6) is 0. The van der Waals surface area contributed by atoms with Crippen molar-refractivity contribution in [3.05, 3.63) is 35.7 Å². The molecule has 0 saturated carbocycles. The lowest BCUT2D eigenvalue weighted by molar-refractivity contribution is 0.602. The predicted molar refractivity (Wildman–Crippen MR) is 72.6 cm³/mol. The summed E-state index contributed by atoms with van der Waals surface area (Å²) in [7, 11) is -3.23. The standard InChI is InChI=1S/C11H8ClN5O2S/c1-20(18,19)8-4-2-7(3-5-8)17-11-9(15-16-17)10(12)13-6-14-11/h2-6H,1H3. The molecule has 7 nitrogen and oxygen atoms in total. The van der Waals surface area contributed by atoms with Crippen molar-refractivity contribution in [2.24, 2.45) is 0 Å². The molecule has 3 rings (SSSR count). The molecule has 2 heterocycles. The number of fused-ring (bicyclic) bond motifs is 1. The molecule has 0 fully saturated rings. The van der Waals surface area contributed by atoms with Crippen LogP contribution < -0.4 is 0 Å². The first-order valence-electron chi connectivity index (χ1n) is 5.49. The van der Waals surface area contributed by atoms with Gasteiger partial charge in [0, 0.05) is 6.26 Å². The zero-order valence-corrected chi connectivity index (χ0v) is 11.8. The fourth-order valence-electron chi connectivity index (χ4n) is 1.73. The summed E-state index contributed by atoms with van der Waals surface area (Å²) in [5, 5.41) is 8.07. The first-order chi connectivity index (χ1) is 9.47. The second-order valence-corrected chi connectivity index (χ2v) is 6.48. The summed E-state index contributed by atoms with van der Waals surface area (Å²) in [5.41, 5.74) is 1.48. The van der Waals surface area contributed by atoms with Crippen molar-refractivity contribution >= 4 is 32.6 Å². The normalized spacial score (nSPS) is 11.9. The molecule has 0 radical (unpaired) electrons. The van der Waals surface area contributed by atoms with Gasteiger partial charge in [0.25, 0.3) is 0 Å². The fourth-order valence-corrected chi connectivity index (χ4v) is 2.53. The van der Waals surface area contributed by atoms with Crippen LogP contribution in [0.15, 0.2) is 35.5 Å². The SMILES string of the molecule is CS(=O)(=O)c1ccc(-n2nnc3c(Cl)ncnc32)cc1. The molecule has 0 aliphatic carbocycles. The third-order valence-corrected chi connectivity index (χ3v) is 4.11. The summed E-state index contributed by atoms with van der Waals surface area (Å²) in [6, 6.07) is 6.25. The Morgan fingerprint density at radius 3 is 2.50 bits per heavy atom. The summed E-state index contributed by atoms with van der Waals surface area (Å²) in [6.07, 6.45) is 2.47. The van der Waals surface area contributed by atoms with E-state index in [1.54, 1.807) is 12.1 Å². The van der Waals surface area contributed by atoms with E-state index in [0.29, 0.717) is 16.9 Å². The number of hydrogen-bond acceptors (Lipinski definition) is 6. The van der Waals surface area contributed by atoms with Gasteiger partial charge in [-0.05, 0) is 24.3 Å². The van der Waals surface area contributed by atoms with E-state index < -0.39 is 9.84 Å². The maximum atomic E-state index is 11.4. The van der Waals surface area contributed by atoms with Crippen molar-refractivity contribution in [1.82, 2.24) is 25.0 Å². The lowest BCUT2D eigenvalue weighted by Gasteiger charge is -2.03. The minimum absolute atomic E-state index is 0.217. The Balaban J connectivity index is 2.14. The molecule has 0 unspecified atom stereocenters. The molecule has 2 aromatic heterocycles. The van der Waals surface area contributed by atoms with E-state index in [9.17, 15) is 8.42 Å². The van der Waals surface area contributed by atoms with Gasteiger partial charge >= 0.3 is 0 Å². The highest BCUT2D eigenvalue weighted by Gasteiger charge is 2.12. The third kappa shape index (κ3) is 2.12. The lowest BCUT2D eigenvalue weighted by Crippen LogP contribution is -2.00. The van der Waals surface area contributed by atoms with Crippen molar-refractivity contribution in [1.29, 1.82) is 0 Å². The third-order valence-electron chi connectivity index (χ3n) is 2.70. The Bertz CT molecular complexity index is 889. The van der Waals surface area contributed by atoms with Gasteiger partial charge in [0.05, 0.1) is 10.6 Å². The van der Waals surface area contributed by atoms with Crippen LogP contribution in [0.2, 0.25) is 5.15 Å². The first kappa shape index (κ1) is 12.9. The van der Waals surface area contributed by atoms with Crippen molar-refractivity contribution in [2.45, 2.75) is 4.90 Å². The van der Waals surface area contributed by atoms with Crippen LogP contribution in [-0.2, 0) is 9.84 Å². The molecule has 102 valence electrons. The molecule has 0 saturated heterocycles. The monoisotopic (exact) mass is 309 g/mol. The predicted octanol–water partition coefficient (Wildman–Crippen LogP) is 1.27. The highest BCUT2D eigenvalue weighted by Crippen LogP contribution is 2.20. The summed E-state index contributed by atoms with van der Waals surface area (Å²) in [4.78, 5) is 8.13. The molecule has 1 aromatic carbocycles. The van der Waals surface area contributed by atoms with E-state index in [-0.39, 0.29) is 10.0 Å². The van der Waals surface area contributed by atoms with Crippen molar-refractivity contribution < 1.29 is 8.42 Å². The second-order valence-electron chi connectivity index (χ2n) is 4.10. The molecule has 3 aromatic rings. The highest BCUT2D eigenvalue weighted by molar-refractivity contribution is 7.90. The van der Waals surface area contributed by atoms with E-state index in [1.165, 1.54) is 23.1 Å². The number of nitrogens with zero attached hydrogens (tertiary/aromatic N) is 5. The Kier molecular flexibility index (Phi) is 2.91. The molecule has 0 spiro atoms. The Hall–Kier alpha value is -2.06. The molecular formula is C11H8ClN5O2S. The molecule has 0 bridgehead atoms. The van der Waals surface area contributed by atoms with Crippen LogP contribution in [0.3, 0.4) is 0 Å². The van der Waals surface area contributed by atoms with E-state index in [0.717, 1.165) is 6.26 Å². The molecular weight excluding hydrogens is 302 g/mol. The number of sulfone groups is 1. The number of aromatic nitrogens is 5.